The zero-order chi connectivity index (χ0) is 21.8. The number of piperidine rings is 1. The monoisotopic (exact) mass is 456 g/mol. The molecule has 0 aliphatic carbocycles. The molecule has 4 rings (SSSR count). The quantitative estimate of drug-likeness (QED) is 0.501. The van der Waals surface area contributed by atoms with Crippen LogP contribution in [0.3, 0.4) is 0 Å². The van der Waals surface area contributed by atoms with Crippen molar-refractivity contribution in [3.63, 3.8) is 0 Å². The standard InChI is InChI=1S/C23H25ClN4O2S/c1-3-17-8-4-5-10-28(17)21-19(24)12-16(13-25-21)22(29)27-23-26-20(14-31-23)15-7-6-9-18(11-15)30-2/h6-7,9,11-14,17H,3-5,8,10H2,1-2H3,(H,26,27,29). The number of ether oxygens (including phenoxy) is 1. The first-order valence-electron chi connectivity index (χ1n) is 10.4. The Bertz CT molecular complexity index is 1070. The van der Waals surface area contributed by atoms with Crippen molar-refractivity contribution >= 4 is 39.8 Å². The second-order valence-corrected chi connectivity index (χ2v) is 8.77. The summed E-state index contributed by atoms with van der Waals surface area (Å²) in [4.78, 5) is 24.1. The molecule has 162 valence electrons. The number of methoxy groups -OCH3 is 1. The van der Waals surface area contributed by atoms with E-state index in [9.17, 15) is 4.79 Å². The molecule has 1 fully saturated rings. The fraction of sp³-hybridized carbons (Fsp3) is 0.348. The third-order valence-corrected chi connectivity index (χ3v) is 6.58. The Balaban J connectivity index is 1.48. The molecule has 0 radical (unpaired) electrons. The second-order valence-electron chi connectivity index (χ2n) is 7.50. The van der Waals surface area contributed by atoms with Crippen LogP contribution in [0.2, 0.25) is 5.02 Å². The summed E-state index contributed by atoms with van der Waals surface area (Å²) in [6.45, 7) is 3.13. The van der Waals surface area contributed by atoms with Crippen LogP contribution in [0, 0.1) is 0 Å². The lowest BCUT2D eigenvalue weighted by atomic mass is 10.00. The van der Waals surface area contributed by atoms with Crippen molar-refractivity contribution in [3.8, 4) is 17.0 Å². The molecule has 0 spiro atoms. The van der Waals surface area contributed by atoms with Crippen LogP contribution in [0.15, 0.2) is 41.9 Å². The van der Waals surface area contributed by atoms with E-state index in [1.807, 2.05) is 29.6 Å². The topological polar surface area (TPSA) is 67.4 Å². The summed E-state index contributed by atoms with van der Waals surface area (Å²) in [5.74, 6) is 1.24. The van der Waals surface area contributed by atoms with Crippen molar-refractivity contribution < 1.29 is 9.53 Å². The number of anilines is 2. The van der Waals surface area contributed by atoms with Gasteiger partial charge in [-0.15, -0.1) is 11.3 Å². The predicted molar refractivity (Wildman–Crippen MR) is 127 cm³/mol. The van der Waals surface area contributed by atoms with E-state index < -0.39 is 0 Å². The first-order valence-corrected chi connectivity index (χ1v) is 11.7. The average Bonchev–Trinajstić information content (AvgIpc) is 3.27. The fourth-order valence-electron chi connectivity index (χ4n) is 3.89. The van der Waals surface area contributed by atoms with E-state index in [-0.39, 0.29) is 5.91 Å². The largest absolute Gasteiger partial charge is 0.497 e. The number of pyridine rings is 1. The van der Waals surface area contributed by atoms with Gasteiger partial charge in [0.1, 0.15) is 11.6 Å². The van der Waals surface area contributed by atoms with Crippen molar-refractivity contribution in [1.29, 1.82) is 0 Å². The van der Waals surface area contributed by atoms with Gasteiger partial charge in [0, 0.05) is 29.7 Å². The third-order valence-electron chi connectivity index (χ3n) is 5.54. The van der Waals surface area contributed by atoms with Crippen molar-refractivity contribution in [3.05, 3.63) is 52.5 Å². The molecular weight excluding hydrogens is 432 g/mol. The molecule has 6 nitrogen and oxygen atoms in total. The van der Waals surface area contributed by atoms with Crippen LogP contribution in [0.5, 0.6) is 5.75 Å². The molecule has 8 heteroatoms. The molecular formula is C23H25ClN4O2S. The highest BCUT2D eigenvalue weighted by molar-refractivity contribution is 7.14. The lowest BCUT2D eigenvalue weighted by Gasteiger charge is -2.36. The SMILES string of the molecule is CCC1CCCCN1c1ncc(C(=O)Nc2nc(-c3cccc(OC)c3)cs2)cc1Cl. The van der Waals surface area contributed by atoms with Gasteiger partial charge < -0.3 is 9.64 Å². The van der Waals surface area contributed by atoms with Crippen LogP contribution >= 0.6 is 22.9 Å². The summed E-state index contributed by atoms with van der Waals surface area (Å²) in [5.41, 5.74) is 2.12. The molecule has 1 amide bonds. The van der Waals surface area contributed by atoms with Crippen molar-refractivity contribution in [2.24, 2.45) is 0 Å². The van der Waals surface area contributed by atoms with Crippen LogP contribution in [0.4, 0.5) is 10.9 Å². The lowest BCUT2D eigenvalue weighted by Crippen LogP contribution is -2.39. The number of aromatic nitrogens is 2. The summed E-state index contributed by atoms with van der Waals surface area (Å²) in [7, 11) is 1.63. The Morgan fingerprint density at radius 2 is 2.23 bits per heavy atom. The number of rotatable bonds is 6. The molecule has 2 aromatic heterocycles. The zero-order valence-corrected chi connectivity index (χ0v) is 19.2. The van der Waals surface area contributed by atoms with Gasteiger partial charge in [-0.05, 0) is 43.9 Å². The Kier molecular flexibility index (Phi) is 6.73. The average molecular weight is 457 g/mol. The van der Waals surface area contributed by atoms with Crippen LogP contribution in [-0.2, 0) is 0 Å². The maximum atomic E-state index is 12.7. The second kappa shape index (κ2) is 9.66. The van der Waals surface area contributed by atoms with E-state index in [1.54, 1.807) is 19.4 Å². The molecule has 1 aromatic carbocycles. The zero-order valence-electron chi connectivity index (χ0n) is 17.6. The number of hydrogen-bond donors (Lipinski definition) is 1. The van der Waals surface area contributed by atoms with Gasteiger partial charge >= 0.3 is 0 Å². The third kappa shape index (κ3) is 4.83. The van der Waals surface area contributed by atoms with Gasteiger partial charge in [0.25, 0.3) is 5.91 Å². The Morgan fingerprint density at radius 3 is 3.00 bits per heavy atom. The molecule has 0 bridgehead atoms. The summed E-state index contributed by atoms with van der Waals surface area (Å²) < 4.78 is 5.27. The molecule has 31 heavy (non-hydrogen) atoms. The molecule has 1 atom stereocenters. The van der Waals surface area contributed by atoms with Crippen molar-refractivity contribution in [1.82, 2.24) is 9.97 Å². The number of nitrogens with zero attached hydrogens (tertiary/aromatic N) is 3. The number of hydrogen-bond acceptors (Lipinski definition) is 6. The summed E-state index contributed by atoms with van der Waals surface area (Å²) in [5, 5.41) is 5.77. The predicted octanol–water partition coefficient (Wildman–Crippen LogP) is 5.89. The van der Waals surface area contributed by atoms with Crippen molar-refractivity contribution in [2.45, 2.75) is 38.6 Å². The van der Waals surface area contributed by atoms with Crippen LogP contribution < -0.4 is 15.0 Å². The minimum atomic E-state index is -0.279. The van der Waals surface area contributed by atoms with E-state index in [1.165, 1.54) is 17.8 Å². The van der Waals surface area contributed by atoms with E-state index in [4.69, 9.17) is 16.3 Å². The molecule has 1 N–H and O–H groups in total. The molecule has 1 aliphatic heterocycles. The van der Waals surface area contributed by atoms with Gasteiger partial charge in [-0.1, -0.05) is 30.7 Å². The van der Waals surface area contributed by atoms with Gasteiger partial charge in [-0.3, -0.25) is 10.1 Å². The number of carbonyl (C=O) groups is 1. The van der Waals surface area contributed by atoms with Gasteiger partial charge in [-0.25, -0.2) is 9.97 Å². The number of carbonyl (C=O) groups excluding carboxylic acids is 1. The first-order chi connectivity index (χ1) is 15.1. The highest BCUT2D eigenvalue weighted by Gasteiger charge is 2.24. The smallest absolute Gasteiger partial charge is 0.259 e. The van der Waals surface area contributed by atoms with Crippen LogP contribution in [0.1, 0.15) is 43.0 Å². The molecule has 3 heterocycles. The normalized spacial score (nSPS) is 16.2. The van der Waals surface area contributed by atoms with E-state index in [2.05, 4.69) is 27.1 Å². The van der Waals surface area contributed by atoms with E-state index >= 15 is 0 Å². The Hall–Kier alpha value is -2.64. The summed E-state index contributed by atoms with van der Waals surface area (Å²) in [6, 6.07) is 9.79. The van der Waals surface area contributed by atoms with Crippen LogP contribution in [0.25, 0.3) is 11.3 Å². The van der Waals surface area contributed by atoms with Crippen LogP contribution in [-0.4, -0.2) is 35.6 Å². The molecule has 0 saturated carbocycles. The number of nitrogens with one attached hydrogen (secondary N) is 1. The number of amides is 1. The number of benzene rings is 1. The Labute approximate surface area is 191 Å². The van der Waals surface area contributed by atoms with E-state index in [0.29, 0.717) is 21.8 Å². The summed E-state index contributed by atoms with van der Waals surface area (Å²) in [6.07, 6.45) is 6.17. The molecule has 1 unspecified atom stereocenters. The number of thiazole rings is 1. The lowest BCUT2D eigenvalue weighted by molar-refractivity contribution is 0.102. The Morgan fingerprint density at radius 1 is 1.35 bits per heavy atom. The fourth-order valence-corrected chi connectivity index (χ4v) is 4.88. The first kappa shape index (κ1) is 21.6. The van der Waals surface area contributed by atoms with Gasteiger partial charge in [0.05, 0.1) is 23.4 Å². The van der Waals surface area contributed by atoms with Gasteiger partial charge in [0.15, 0.2) is 5.13 Å². The van der Waals surface area contributed by atoms with Crippen molar-refractivity contribution in [2.75, 3.05) is 23.9 Å². The maximum absolute atomic E-state index is 12.7. The number of halogens is 1. The van der Waals surface area contributed by atoms with Gasteiger partial charge in [-0.2, -0.15) is 0 Å². The maximum Gasteiger partial charge on any atom is 0.259 e. The minimum absolute atomic E-state index is 0.279. The molecule has 1 saturated heterocycles. The van der Waals surface area contributed by atoms with Gasteiger partial charge in [0.2, 0.25) is 0 Å². The molecule has 1 aliphatic rings. The van der Waals surface area contributed by atoms with E-state index in [0.717, 1.165) is 48.6 Å². The molecule has 3 aromatic rings. The summed E-state index contributed by atoms with van der Waals surface area (Å²) >= 11 is 7.90. The minimum Gasteiger partial charge on any atom is -0.497 e. The highest BCUT2D eigenvalue weighted by Crippen LogP contribution is 2.32. The highest BCUT2D eigenvalue weighted by atomic mass is 35.5.